The van der Waals surface area contributed by atoms with Crippen molar-refractivity contribution in [3.05, 3.63) is 17.0 Å². The third-order valence-electron chi connectivity index (χ3n) is 3.59. The highest BCUT2D eigenvalue weighted by molar-refractivity contribution is 7.13. The summed E-state index contributed by atoms with van der Waals surface area (Å²) in [4.78, 5) is 9.87. The molecule has 0 radical (unpaired) electrons. The first kappa shape index (κ1) is 15.4. The van der Waals surface area contributed by atoms with Gasteiger partial charge in [-0.2, -0.15) is 4.98 Å². The van der Waals surface area contributed by atoms with Gasteiger partial charge in [0.15, 0.2) is 5.82 Å². The van der Waals surface area contributed by atoms with Crippen LogP contribution in [0, 0.1) is 0 Å². The van der Waals surface area contributed by atoms with E-state index in [-0.39, 0.29) is 23.4 Å². The van der Waals surface area contributed by atoms with Crippen LogP contribution in [0.15, 0.2) is 10.0 Å². The van der Waals surface area contributed by atoms with Crippen molar-refractivity contribution in [2.45, 2.75) is 51.0 Å². The summed E-state index contributed by atoms with van der Waals surface area (Å²) in [5.74, 6) is 1.17. The highest BCUT2D eigenvalue weighted by Gasteiger charge is 2.39. The lowest BCUT2D eigenvalue weighted by Gasteiger charge is -2.34. The third-order valence-corrected chi connectivity index (χ3v) is 4.40. The molecule has 1 aliphatic carbocycles. The largest absolute Gasteiger partial charge is 0.333 e. The quantitative estimate of drug-likeness (QED) is 0.920. The van der Waals surface area contributed by atoms with Crippen molar-refractivity contribution in [2.75, 3.05) is 0 Å². The number of nitrogens with two attached hydrogens (primary N) is 1. The zero-order valence-corrected chi connectivity index (χ0v) is 13.5. The first-order chi connectivity index (χ1) is 8.90. The SMILES string of the molecule is CC(C)(C)c1ncsc1-c1nc(C2(N)CCC2)no1.Cl. The Labute approximate surface area is 128 Å². The van der Waals surface area contributed by atoms with Gasteiger partial charge in [0.2, 0.25) is 0 Å². The fourth-order valence-electron chi connectivity index (χ4n) is 2.23. The second-order valence-corrected chi connectivity index (χ2v) is 7.07. The van der Waals surface area contributed by atoms with E-state index >= 15 is 0 Å². The predicted octanol–water partition coefficient (Wildman–Crippen LogP) is 3.25. The number of aromatic nitrogens is 3. The summed E-state index contributed by atoms with van der Waals surface area (Å²) >= 11 is 1.53. The van der Waals surface area contributed by atoms with Crippen molar-refractivity contribution < 1.29 is 4.52 Å². The number of thiazole rings is 1. The van der Waals surface area contributed by atoms with Crippen LogP contribution in [0.25, 0.3) is 10.8 Å². The highest BCUT2D eigenvalue weighted by atomic mass is 35.5. The smallest absolute Gasteiger partial charge is 0.270 e. The van der Waals surface area contributed by atoms with E-state index in [1.807, 2.05) is 5.51 Å². The van der Waals surface area contributed by atoms with Gasteiger partial charge in [0.25, 0.3) is 5.89 Å². The first-order valence-corrected chi connectivity index (χ1v) is 7.35. The molecule has 110 valence electrons. The van der Waals surface area contributed by atoms with Gasteiger partial charge in [-0.15, -0.1) is 23.7 Å². The molecule has 1 aliphatic rings. The number of rotatable bonds is 2. The average molecular weight is 315 g/mol. The van der Waals surface area contributed by atoms with Gasteiger partial charge in [0, 0.05) is 5.41 Å². The van der Waals surface area contributed by atoms with E-state index in [0.717, 1.165) is 29.8 Å². The monoisotopic (exact) mass is 314 g/mol. The molecule has 0 spiro atoms. The standard InChI is InChI=1S/C13H18N4OS.ClH/c1-12(2,3)9-8(19-7-15-9)10-16-11(17-18-10)13(14)5-4-6-13;/h7H,4-6,14H2,1-3H3;1H. The van der Waals surface area contributed by atoms with E-state index < -0.39 is 0 Å². The minimum absolute atomic E-state index is 0. The van der Waals surface area contributed by atoms with Crippen molar-refractivity contribution in [2.24, 2.45) is 5.73 Å². The van der Waals surface area contributed by atoms with E-state index in [0.29, 0.717) is 11.7 Å². The molecule has 7 heteroatoms. The van der Waals surface area contributed by atoms with Crippen molar-refractivity contribution in [1.29, 1.82) is 0 Å². The van der Waals surface area contributed by atoms with Gasteiger partial charge in [-0.25, -0.2) is 4.98 Å². The van der Waals surface area contributed by atoms with E-state index in [4.69, 9.17) is 10.3 Å². The normalized spacial score (nSPS) is 17.4. The maximum absolute atomic E-state index is 6.22. The van der Waals surface area contributed by atoms with E-state index in [2.05, 4.69) is 35.9 Å². The summed E-state index contributed by atoms with van der Waals surface area (Å²) in [5.41, 5.74) is 8.61. The summed E-state index contributed by atoms with van der Waals surface area (Å²) in [7, 11) is 0. The molecule has 0 amide bonds. The van der Waals surface area contributed by atoms with Crippen LogP contribution in [0.3, 0.4) is 0 Å². The molecule has 3 rings (SSSR count). The molecule has 0 aliphatic heterocycles. The summed E-state index contributed by atoms with van der Waals surface area (Å²) in [6.07, 6.45) is 3.00. The van der Waals surface area contributed by atoms with Crippen LogP contribution in [-0.4, -0.2) is 15.1 Å². The van der Waals surface area contributed by atoms with Gasteiger partial charge >= 0.3 is 0 Å². The summed E-state index contributed by atoms with van der Waals surface area (Å²) in [6, 6.07) is 0. The Balaban J connectivity index is 0.00000147. The molecular formula is C13H19ClN4OS. The van der Waals surface area contributed by atoms with Crippen molar-refractivity contribution >= 4 is 23.7 Å². The van der Waals surface area contributed by atoms with Gasteiger partial charge in [0.05, 0.1) is 16.7 Å². The van der Waals surface area contributed by atoms with E-state index in [1.54, 1.807) is 0 Å². The predicted molar refractivity (Wildman–Crippen MR) is 81.1 cm³/mol. The molecule has 2 aromatic rings. The van der Waals surface area contributed by atoms with Crippen molar-refractivity contribution in [1.82, 2.24) is 15.1 Å². The molecule has 1 saturated carbocycles. The number of hydrogen-bond acceptors (Lipinski definition) is 6. The second kappa shape index (κ2) is 5.09. The molecule has 0 saturated heterocycles. The average Bonchev–Trinajstić information content (AvgIpc) is 2.92. The Morgan fingerprint density at radius 1 is 1.35 bits per heavy atom. The van der Waals surface area contributed by atoms with Gasteiger partial charge in [-0.05, 0) is 19.3 Å². The Hall–Kier alpha value is -0.980. The Bertz CT molecular complexity index is 598. The summed E-state index contributed by atoms with van der Waals surface area (Å²) in [5, 5.41) is 4.06. The molecule has 2 N–H and O–H groups in total. The number of hydrogen-bond donors (Lipinski definition) is 1. The molecule has 1 fully saturated rings. The van der Waals surface area contributed by atoms with Crippen LogP contribution < -0.4 is 5.73 Å². The van der Waals surface area contributed by atoms with E-state index in [1.165, 1.54) is 11.3 Å². The third kappa shape index (κ3) is 2.47. The Kier molecular flexibility index (Phi) is 3.92. The fraction of sp³-hybridized carbons (Fsp3) is 0.615. The van der Waals surface area contributed by atoms with Crippen LogP contribution in [-0.2, 0) is 11.0 Å². The lowest BCUT2D eigenvalue weighted by molar-refractivity contribution is 0.229. The second-order valence-electron chi connectivity index (χ2n) is 6.21. The Morgan fingerprint density at radius 2 is 2.05 bits per heavy atom. The zero-order chi connectivity index (χ0) is 13.7. The minimum Gasteiger partial charge on any atom is -0.333 e. The molecule has 0 aromatic carbocycles. The molecule has 20 heavy (non-hydrogen) atoms. The molecule has 0 bridgehead atoms. The lowest BCUT2D eigenvalue weighted by atomic mass is 9.77. The van der Waals surface area contributed by atoms with Gasteiger partial charge in [0.1, 0.15) is 4.88 Å². The molecule has 0 unspecified atom stereocenters. The zero-order valence-electron chi connectivity index (χ0n) is 11.8. The molecule has 2 aromatic heterocycles. The first-order valence-electron chi connectivity index (χ1n) is 6.47. The number of nitrogens with zero attached hydrogens (tertiary/aromatic N) is 3. The van der Waals surface area contributed by atoms with Crippen molar-refractivity contribution in [3.63, 3.8) is 0 Å². The maximum atomic E-state index is 6.22. The van der Waals surface area contributed by atoms with Crippen LogP contribution in [0.2, 0.25) is 0 Å². The summed E-state index contributed by atoms with van der Waals surface area (Å²) < 4.78 is 5.40. The summed E-state index contributed by atoms with van der Waals surface area (Å²) in [6.45, 7) is 6.37. The molecule has 0 atom stereocenters. The minimum atomic E-state index is -0.381. The van der Waals surface area contributed by atoms with Crippen LogP contribution >= 0.6 is 23.7 Å². The van der Waals surface area contributed by atoms with Gasteiger partial charge < -0.3 is 10.3 Å². The fourth-order valence-corrected chi connectivity index (χ4v) is 3.15. The highest BCUT2D eigenvalue weighted by Crippen LogP contribution is 2.39. The van der Waals surface area contributed by atoms with E-state index in [9.17, 15) is 0 Å². The number of halogens is 1. The van der Waals surface area contributed by atoms with Crippen LogP contribution in [0.5, 0.6) is 0 Å². The Morgan fingerprint density at radius 3 is 2.60 bits per heavy atom. The maximum Gasteiger partial charge on any atom is 0.270 e. The molecule has 2 heterocycles. The van der Waals surface area contributed by atoms with Gasteiger partial charge in [-0.1, -0.05) is 25.9 Å². The lowest BCUT2D eigenvalue weighted by Crippen LogP contribution is -2.44. The van der Waals surface area contributed by atoms with Crippen LogP contribution in [0.4, 0.5) is 0 Å². The van der Waals surface area contributed by atoms with Crippen LogP contribution in [0.1, 0.15) is 51.6 Å². The van der Waals surface area contributed by atoms with Crippen molar-refractivity contribution in [3.8, 4) is 10.8 Å². The molecular weight excluding hydrogens is 296 g/mol. The molecule has 5 nitrogen and oxygen atoms in total. The topological polar surface area (TPSA) is 77.8 Å². The van der Waals surface area contributed by atoms with Gasteiger partial charge in [-0.3, -0.25) is 0 Å².